The van der Waals surface area contributed by atoms with Gasteiger partial charge >= 0.3 is 0 Å². The van der Waals surface area contributed by atoms with Crippen LogP contribution in [0.15, 0.2) is 65.7 Å². The summed E-state index contributed by atoms with van der Waals surface area (Å²) < 4.78 is 0. The quantitative estimate of drug-likeness (QED) is 0.526. The van der Waals surface area contributed by atoms with Crippen LogP contribution in [0.1, 0.15) is 42.3 Å². The number of carbonyl (C=O) groups is 1. The fourth-order valence-electron chi connectivity index (χ4n) is 2.64. The van der Waals surface area contributed by atoms with Crippen molar-refractivity contribution in [2.75, 3.05) is 0 Å². The lowest BCUT2D eigenvalue weighted by Crippen LogP contribution is -2.36. The number of nitrogens with zero attached hydrogens (tertiary/aromatic N) is 2. The molecule has 0 bridgehead atoms. The van der Waals surface area contributed by atoms with Gasteiger partial charge in [0.2, 0.25) is 0 Å². The summed E-state index contributed by atoms with van der Waals surface area (Å²) in [4.78, 5) is 12.3. The molecule has 0 saturated heterocycles. The molecule has 1 atom stereocenters. The van der Waals surface area contributed by atoms with Gasteiger partial charge in [0.05, 0.1) is 5.69 Å². The summed E-state index contributed by atoms with van der Waals surface area (Å²) in [5.74, 6) is 1.17. The van der Waals surface area contributed by atoms with E-state index in [0.29, 0.717) is 11.5 Å². The van der Waals surface area contributed by atoms with Crippen molar-refractivity contribution < 1.29 is 4.79 Å². The maximum absolute atomic E-state index is 12.3. The van der Waals surface area contributed by atoms with Crippen LogP contribution in [0.4, 0.5) is 0 Å². The molecule has 4 nitrogen and oxygen atoms in total. The molecular formula is C24H27N3OS. The number of rotatable bonds is 7. The minimum Gasteiger partial charge on any atom is -0.349 e. The van der Waals surface area contributed by atoms with E-state index in [9.17, 15) is 4.79 Å². The number of hydrogen-bond acceptors (Lipinski definition) is 4. The predicted molar refractivity (Wildman–Crippen MR) is 120 cm³/mol. The van der Waals surface area contributed by atoms with E-state index in [1.165, 1.54) is 5.56 Å². The molecule has 29 heavy (non-hydrogen) atoms. The van der Waals surface area contributed by atoms with Crippen molar-refractivity contribution in [3.8, 4) is 11.3 Å². The molecule has 0 saturated carbocycles. The lowest BCUT2D eigenvalue weighted by molar-refractivity contribution is 0.0930. The van der Waals surface area contributed by atoms with E-state index in [0.717, 1.165) is 27.6 Å². The topological polar surface area (TPSA) is 54.9 Å². The number of benzene rings is 2. The van der Waals surface area contributed by atoms with Gasteiger partial charge in [-0.15, -0.1) is 10.2 Å². The van der Waals surface area contributed by atoms with E-state index in [1.54, 1.807) is 11.8 Å². The van der Waals surface area contributed by atoms with Crippen molar-refractivity contribution in [3.05, 3.63) is 77.4 Å². The van der Waals surface area contributed by atoms with Crippen molar-refractivity contribution in [2.45, 2.75) is 44.5 Å². The van der Waals surface area contributed by atoms with Gasteiger partial charge in [-0.3, -0.25) is 4.79 Å². The summed E-state index contributed by atoms with van der Waals surface area (Å²) in [6, 6.07) is 20.2. The monoisotopic (exact) mass is 405 g/mol. The Hall–Kier alpha value is -2.66. The number of aromatic nitrogens is 2. The zero-order valence-electron chi connectivity index (χ0n) is 17.3. The second-order valence-corrected chi connectivity index (χ2v) is 8.61. The van der Waals surface area contributed by atoms with Gasteiger partial charge in [0.15, 0.2) is 0 Å². The van der Waals surface area contributed by atoms with E-state index in [1.807, 2.05) is 43.3 Å². The van der Waals surface area contributed by atoms with Gasteiger partial charge < -0.3 is 5.32 Å². The third kappa shape index (κ3) is 5.91. The molecule has 0 fully saturated rings. The average Bonchev–Trinajstić information content (AvgIpc) is 2.73. The van der Waals surface area contributed by atoms with Crippen LogP contribution in [0.2, 0.25) is 0 Å². The fourth-order valence-corrected chi connectivity index (χ4v) is 3.41. The van der Waals surface area contributed by atoms with E-state index in [-0.39, 0.29) is 11.9 Å². The van der Waals surface area contributed by atoms with Crippen LogP contribution in [0.5, 0.6) is 0 Å². The fraction of sp³-hybridized carbons (Fsp3) is 0.292. The number of hydrogen-bond donors (Lipinski definition) is 1. The smallest absolute Gasteiger partial charge is 0.251 e. The van der Waals surface area contributed by atoms with Crippen LogP contribution in [-0.2, 0) is 5.75 Å². The zero-order valence-corrected chi connectivity index (χ0v) is 18.2. The summed E-state index contributed by atoms with van der Waals surface area (Å²) in [5, 5.41) is 12.6. The highest BCUT2D eigenvalue weighted by Gasteiger charge is 2.12. The first-order chi connectivity index (χ1) is 13.9. The van der Waals surface area contributed by atoms with Crippen LogP contribution < -0.4 is 5.32 Å². The van der Waals surface area contributed by atoms with Crippen LogP contribution in [0.3, 0.4) is 0 Å². The minimum atomic E-state index is -0.0250. The van der Waals surface area contributed by atoms with Crippen molar-refractivity contribution >= 4 is 17.7 Å². The number of carbonyl (C=O) groups excluding carboxylic acids is 1. The Morgan fingerprint density at radius 2 is 1.62 bits per heavy atom. The maximum atomic E-state index is 12.3. The van der Waals surface area contributed by atoms with Gasteiger partial charge in [-0.2, -0.15) is 0 Å². The van der Waals surface area contributed by atoms with Crippen molar-refractivity contribution in [2.24, 2.45) is 5.92 Å². The number of nitrogens with one attached hydrogen (secondary N) is 1. The molecule has 5 heteroatoms. The number of aryl methyl sites for hydroxylation is 1. The van der Waals surface area contributed by atoms with E-state index < -0.39 is 0 Å². The third-order valence-corrected chi connectivity index (χ3v) is 5.94. The lowest BCUT2D eigenvalue weighted by Gasteiger charge is -2.17. The molecular weight excluding hydrogens is 378 g/mol. The Balaban J connectivity index is 1.56. The standard InChI is InChI=1S/C24H27N3OS/c1-16(2)18(4)25-24(28)21-11-7-19(8-12-21)15-29-23-14-13-22(26-27-23)20-9-5-17(3)6-10-20/h5-14,16,18H,15H2,1-4H3,(H,25,28). The van der Waals surface area contributed by atoms with Crippen LogP contribution in [-0.4, -0.2) is 22.1 Å². The summed E-state index contributed by atoms with van der Waals surface area (Å²) in [6.45, 7) is 8.29. The van der Waals surface area contributed by atoms with Gasteiger partial charge in [-0.05, 0) is 49.6 Å². The lowest BCUT2D eigenvalue weighted by atomic mass is 10.1. The molecule has 0 spiro atoms. The molecule has 1 N–H and O–H groups in total. The Labute approximate surface area is 177 Å². The summed E-state index contributed by atoms with van der Waals surface area (Å²) in [6.07, 6.45) is 0. The summed E-state index contributed by atoms with van der Waals surface area (Å²) in [7, 11) is 0. The maximum Gasteiger partial charge on any atom is 0.251 e. The molecule has 0 radical (unpaired) electrons. The molecule has 2 aromatic carbocycles. The predicted octanol–water partition coefficient (Wildman–Crippen LogP) is 5.52. The highest BCUT2D eigenvalue weighted by Crippen LogP contribution is 2.23. The molecule has 0 aliphatic rings. The molecule has 0 aliphatic carbocycles. The van der Waals surface area contributed by atoms with Crippen molar-refractivity contribution in [1.82, 2.24) is 15.5 Å². The SMILES string of the molecule is Cc1ccc(-c2ccc(SCc3ccc(C(=O)NC(C)C(C)C)cc3)nn2)cc1. The average molecular weight is 406 g/mol. The Morgan fingerprint density at radius 3 is 2.21 bits per heavy atom. The van der Waals surface area contributed by atoms with Crippen LogP contribution >= 0.6 is 11.8 Å². The van der Waals surface area contributed by atoms with Gasteiger partial charge in [0.1, 0.15) is 5.03 Å². The number of thioether (sulfide) groups is 1. The summed E-state index contributed by atoms with van der Waals surface area (Å²) in [5.41, 5.74) is 5.01. The van der Waals surface area contributed by atoms with Gasteiger partial charge in [0.25, 0.3) is 5.91 Å². The number of amides is 1. The Morgan fingerprint density at radius 1 is 0.931 bits per heavy atom. The normalized spacial score (nSPS) is 12.0. The second kappa shape index (κ2) is 9.70. The van der Waals surface area contributed by atoms with Crippen LogP contribution in [0.25, 0.3) is 11.3 Å². The molecule has 3 aromatic rings. The van der Waals surface area contributed by atoms with Crippen molar-refractivity contribution in [3.63, 3.8) is 0 Å². The molecule has 0 aliphatic heterocycles. The molecule has 1 amide bonds. The van der Waals surface area contributed by atoms with E-state index >= 15 is 0 Å². The molecule has 3 rings (SSSR count). The highest BCUT2D eigenvalue weighted by molar-refractivity contribution is 7.98. The molecule has 1 aromatic heterocycles. The van der Waals surface area contributed by atoms with Crippen LogP contribution in [0, 0.1) is 12.8 Å². The van der Waals surface area contributed by atoms with Gasteiger partial charge in [-0.1, -0.05) is 67.6 Å². The zero-order chi connectivity index (χ0) is 20.8. The van der Waals surface area contributed by atoms with E-state index in [4.69, 9.17) is 0 Å². The highest BCUT2D eigenvalue weighted by atomic mass is 32.2. The van der Waals surface area contributed by atoms with Crippen molar-refractivity contribution in [1.29, 1.82) is 0 Å². The first-order valence-electron chi connectivity index (χ1n) is 9.86. The Kier molecular flexibility index (Phi) is 7.04. The largest absolute Gasteiger partial charge is 0.349 e. The van der Waals surface area contributed by atoms with Gasteiger partial charge in [0, 0.05) is 22.9 Å². The Bertz CT molecular complexity index is 935. The van der Waals surface area contributed by atoms with Gasteiger partial charge in [-0.25, -0.2) is 0 Å². The molecule has 150 valence electrons. The minimum absolute atomic E-state index is 0.0250. The third-order valence-electron chi connectivity index (χ3n) is 4.95. The molecule has 1 unspecified atom stereocenters. The van der Waals surface area contributed by atoms with E-state index in [2.05, 4.69) is 60.6 Å². The summed E-state index contributed by atoms with van der Waals surface area (Å²) >= 11 is 1.63. The molecule has 1 heterocycles. The first-order valence-corrected chi connectivity index (χ1v) is 10.8. The first kappa shape index (κ1) is 21.1. The second-order valence-electron chi connectivity index (χ2n) is 7.61.